The van der Waals surface area contributed by atoms with Gasteiger partial charge in [-0.25, -0.2) is 4.79 Å². The summed E-state index contributed by atoms with van der Waals surface area (Å²) in [5.74, 6) is -0.818. The van der Waals surface area contributed by atoms with Crippen LogP contribution in [0.15, 0.2) is 24.3 Å². The van der Waals surface area contributed by atoms with Crippen molar-refractivity contribution in [2.75, 3.05) is 0 Å². The number of hydrogen-bond donors (Lipinski definition) is 2. The monoisotopic (exact) mass is 303 g/mol. The molecular weight excluding hydrogens is 278 g/mol. The van der Waals surface area contributed by atoms with E-state index in [-0.39, 0.29) is 11.5 Å². The fourth-order valence-corrected chi connectivity index (χ4v) is 2.97. The summed E-state index contributed by atoms with van der Waals surface area (Å²) in [6.07, 6.45) is 9.61. The Kier molecular flexibility index (Phi) is 6.44. The Morgan fingerprint density at radius 3 is 2.18 bits per heavy atom. The van der Waals surface area contributed by atoms with Crippen LogP contribution in [0.2, 0.25) is 0 Å². The highest BCUT2D eigenvalue weighted by Gasteiger charge is 2.13. The first-order valence-electron chi connectivity index (χ1n) is 8.27. The van der Waals surface area contributed by atoms with Crippen molar-refractivity contribution in [1.82, 2.24) is 5.32 Å². The minimum atomic E-state index is -0.923. The Morgan fingerprint density at radius 1 is 1.00 bits per heavy atom. The first kappa shape index (κ1) is 16.5. The van der Waals surface area contributed by atoms with E-state index in [2.05, 4.69) is 5.32 Å². The molecule has 22 heavy (non-hydrogen) atoms. The summed E-state index contributed by atoms with van der Waals surface area (Å²) in [4.78, 5) is 22.8. The van der Waals surface area contributed by atoms with Gasteiger partial charge < -0.3 is 10.4 Å². The third-order valence-electron chi connectivity index (χ3n) is 4.31. The fraction of sp³-hybridized carbons (Fsp3) is 0.556. The van der Waals surface area contributed by atoms with Gasteiger partial charge in [0.2, 0.25) is 5.91 Å². The van der Waals surface area contributed by atoms with Crippen LogP contribution < -0.4 is 5.32 Å². The van der Waals surface area contributed by atoms with Gasteiger partial charge in [-0.2, -0.15) is 0 Å². The van der Waals surface area contributed by atoms with Crippen molar-refractivity contribution in [1.29, 1.82) is 0 Å². The maximum Gasteiger partial charge on any atom is 0.335 e. The molecule has 0 atom stereocenters. The van der Waals surface area contributed by atoms with E-state index in [4.69, 9.17) is 5.11 Å². The smallest absolute Gasteiger partial charge is 0.335 e. The lowest BCUT2D eigenvalue weighted by Gasteiger charge is -2.21. The van der Waals surface area contributed by atoms with Crippen molar-refractivity contribution in [2.24, 2.45) is 0 Å². The number of nitrogens with one attached hydrogen (secondary N) is 1. The van der Waals surface area contributed by atoms with Crippen LogP contribution >= 0.6 is 0 Å². The molecule has 0 unspecified atom stereocenters. The molecule has 1 amide bonds. The van der Waals surface area contributed by atoms with Gasteiger partial charge in [0.1, 0.15) is 0 Å². The van der Waals surface area contributed by atoms with Gasteiger partial charge in [0.15, 0.2) is 0 Å². The molecule has 0 radical (unpaired) electrons. The zero-order chi connectivity index (χ0) is 15.8. The number of carbonyl (C=O) groups is 2. The van der Waals surface area contributed by atoms with E-state index < -0.39 is 5.97 Å². The van der Waals surface area contributed by atoms with E-state index in [0.29, 0.717) is 18.9 Å². The predicted molar refractivity (Wildman–Crippen MR) is 86.0 cm³/mol. The van der Waals surface area contributed by atoms with Crippen molar-refractivity contribution >= 4 is 11.9 Å². The summed E-state index contributed by atoms with van der Waals surface area (Å²) in [6.45, 7) is 0. The number of rotatable bonds is 5. The zero-order valence-corrected chi connectivity index (χ0v) is 13.0. The van der Waals surface area contributed by atoms with Crippen LogP contribution in [0.1, 0.15) is 67.3 Å². The topological polar surface area (TPSA) is 66.4 Å². The standard InChI is InChI=1S/C18H25NO3/c20-17(19-16-6-4-2-1-3-5-7-16)13-10-14-8-11-15(12-9-14)18(21)22/h8-9,11-12,16H,1-7,10,13H2,(H,19,20)(H,21,22). The van der Waals surface area contributed by atoms with E-state index >= 15 is 0 Å². The molecule has 120 valence electrons. The Hall–Kier alpha value is -1.84. The average molecular weight is 303 g/mol. The maximum atomic E-state index is 12.1. The van der Waals surface area contributed by atoms with Crippen molar-refractivity contribution < 1.29 is 14.7 Å². The van der Waals surface area contributed by atoms with E-state index in [1.165, 1.54) is 32.1 Å². The van der Waals surface area contributed by atoms with Crippen LogP contribution in [0, 0.1) is 0 Å². The average Bonchev–Trinajstić information content (AvgIpc) is 2.48. The Bertz CT molecular complexity index is 488. The van der Waals surface area contributed by atoms with Gasteiger partial charge in [-0.3, -0.25) is 4.79 Å². The second-order valence-electron chi connectivity index (χ2n) is 6.11. The maximum absolute atomic E-state index is 12.1. The van der Waals surface area contributed by atoms with E-state index in [0.717, 1.165) is 18.4 Å². The van der Waals surface area contributed by atoms with E-state index in [1.807, 2.05) is 0 Å². The molecule has 2 N–H and O–H groups in total. The largest absolute Gasteiger partial charge is 0.478 e. The molecular formula is C18H25NO3. The zero-order valence-electron chi connectivity index (χ0n) is 13.0. The number of hydrogen-bond acceptors (Lipinski definition) is 2. The normalized spacial score (nSPS) is 16.5. The molecule has 4 nitrogen and oxygen atoms in total. The lowest BCUT2D eigenvalue weighted by atomic mass is 9.96. The molecule has 1 aliphatic carbocycles. The van der Waals surface area contributed by atoms with Crippen LogP contribution in [-0.2, 0) is 11.2 Å². The minimum Gasteiger partial charge on any atom is -0.478 e. The molecule has 1 fully saturated rings. The molecule has 0 heterocycles. The van der Waals surface area contributed by atoms with Crippen LogP contribution in [-0.4, -0.2) is 23.0 Å². The minimum absolute atomic E-state index is 0.105. The number of carboxylic acid groups (broad SMARTS) is 1. The summed E-state index contributed by atoms with van der Waals surface area (Å²) < 4.78 is 0. The molecule has 0 spiro atoms. The van der Waals surface area contributed by atoms with Gasteiger partial charge in [0.25, 0.3) is 0 Å². The van der Waals surface area contributed by atoms with E-state index in [9.17, 15) is 9.59 Å². The molecule has 1 saturated carbocycles. The molecule has 4 heteroatoms. The highest BCUT2D eigenvalue weighted by atomic mass is 16.4. The predicted octanol–water partition coefficient (Wildman–Crippen LogP) is 3.55. The van der Waals surface area contributed by atoms with Crippen LogP contribution in [0.3, 0.4) is 0 Å². The number of aryl methyl sites for hydroxylation is 1. The van der Waals surface area contributed by atoms with E-state index in [1.54, 1.807) is 24.3 Å². The Morgan fingerprint density at radius 2 is 1.59 bits per heavy atom. The molecule has 0 aliphatic heterocycles. The Labute approximate surface area is 131 Å². The number of aromatic carboxylic acids is 1. The quantitative estimate of drug-likeness (QED) is 0.874. The van der Waals surface area contributed by atoms with Gasteiger partial charge >= 0.3 is 5.97 Å². The number of carboxylic acids is 1. The molecule has 1 aromatic rings. The fourth-order valence-electron chi connectivity index (χ4n) is 2.97. The molecule has 0 saturated heterocycles. The van der Waals surface area contributed by atoms with Gasteiger partial charge in [-0.1, -0.05) is 44.2 Å². The molecule has 0 bridgehead atoms. The van der Waals surface area contributed by atoms with Crippen molar-refractivity contribution in [3.8, 4) is 0 Å². The Balaban J connectivity index is 1.75. The van der Waals surface area contributed by atoms with Gasteiger partial charge in [0.05, 0.1) is 5.56 Å². The summed E-state index contributed by atoms with van der Waals surface area (Å²) in [5.41, 5.74) is 1.28. The SMILES string of the molecule is O=C(CCc1ccc(C(=O)O)cc1)NC1CCCCCCC1. The second-order valence-corrected chi connectivity index (χ2v) is 6.11. The lowest BCUT2D eigenvalue weighted by Crippen LogP contribution is -2.35. The van der Waals surface area contributed by atoms with Gasteiger partial charge in [-0.15, -0.1) is 0 Å². The van der Waals surface area contributed by atoms with Crippen molar-refractivity contribution in [2.45, 2.75) is 63.8 Å². The summed E-state index contributed by atoms with van der Waals surface area (Å²) in [6, 6.07) is 7.08. The third-order valence-corrected chi connectivity index (χ3v) is 4.31. The highest BCUT2D eigenvalue weighted by Crippen LogP contribution is 2.17. The first-order chi connectivity index (χ1) is 10.6. The van der Waals surface area contributed by atoms with Gasteiger partial charge in [0, 0.05) is 12.5 Å². The molecule has 1 aliphatic rings. The van der Waals surface area contributed by atoms with Crippen LogP contribution in [0.4, 0.5) is 0 Å². The number of amides is 1. The van der Waals surface area contributed by atoms with Crippen LogP contribution in [0.25, 0.3) is 0 Å². The molecule has 0 aromatic heterocycles. The third kappa shape index (κ3) is 5.51. The highest BCUT2D eigenvalue weighted by molar-refractivity contribution is 5.87. The summed E-state index contributed by atoms with van der Waals surface area (Å²) in [5, 5.41) is 12.0. The lowest BCUT2D eigenvalue weighted by molar-refractivity contribution is -0.121. The first-order valence-corrected chi connectivity index (χ1v) is 8.27. The van der Waals surface area contributed by atoms with Gasteiger partial charge in [-0.05, 0) is 37.0 Å². The second kappa shape index (κ2) is 8.57. The number of carbonyl (C=O) groups excluding carboxylic acids is 1. The van der Waals surface area contributed by atoms with Crippen LogP contribution in [0.5, 0.6) is 0 Å². The molecule has 1 aromatic carbocycles. The van der Waals surface area contributed by atoms with Crippen molar-refractivity contribution in [3.05, 3.63) is 35.4 Å². The van der Waals surface area contributed by atoms with Crippen molar-refractivity contribution in [3.63, 3.8) is 0 Å². The number of benzene rings is 1. The molecule has 2 rings (SSSR count). The summed E-state index contributed by atoms with van der Waals surface area (Å²) >= 11 is 0. The summed E-state index contributed by atoms with van der Waals surface area (Å²) in [7, 11) is 0.